The van der Waals surface area contributed by atoms with E-state index in [-0.39, 0.29) is 0 Å². The number of hydrogen-bond acceptors (Lipinski definition) is 2. The summed E-state index contributed by atoms with van der Waals surface area (Å²) in [5, 5.41) is 9.95. The minimum absolute atomic E-state index is 0.809. The number of hydrogen-bond donors (Lipinski definition) is 2. The number of carboxylic acid groups (broad SMARTS) is 1. The second-order valence-corrected chi connectivity index (χ2v) is 2.41. The van der Waals surface area contributed by atoms with Gasteiger partial charge in [0.1, 0.15) is 6.04 Å². The molecular formula is C6H8F3NO3. The number of carboxylic acids is 1. The van der Waals surface area contributed by atoms with Gasteiger partial charge in [0.15, 0.2) is 0 Å². The van der Waals surface area contributed by atoms with Gasteiger partial charge in [-0.2, -0.15) is 13.2 Å². The van der Waals surface area contributed by atoms with Crippen molar-refractivity contribution in [1.29, 1.82) is 0 Å². The van der Waals surface area contributed by atoms with E-state index < -0.39 is 30.5 Å². The first-order valence-corrected chi connectivity index (χ1v) is 3.29. The fourth-order valence-electron chi connectivity index (χ4n) is 0.677. The van der Waals surface area contributed by atoms with Crippen molar-refractivity contribution in [2.75, 3.05) is 0 Å². The largest absolute Gasteiger partial charge is 0.480 e. The topological polar surface area (TPSA) is 66.4 Å². The summed E-state index contributed by atoms with van der Waals surface area (Å²) in [5.41, 5.74) is 0. The van der Waals surface area contributed by atoms with Gasteiger partial charge in [-0.1, -0.05) is 0 Å². The van der Waals surface area contributed by atoms with Gasteiger partial charge >= 0.3 is 12.1 Å². The van der Waals surface area contributed by atoms with E-state index in [0.29, 0.717) is 0 Å². The predicted molar refractivity (Wildman–Crippen MR) is 35.9 cm³/mol. The standard InChI is InChI=1S/C6H8F3NO3/c1-3(11)10-4(5(12)13)2-6(7,8)9/h4H,2H2,1H3,(H,10,11)(H,12,13)/t4-/m0/s1. The zero-order chi connectivity index (χ0) is 10.6. The molecule has 2 N–H and O–H groups in total. The Morgan fingerprint density at radius 1 is 1.46 bits per heavy atom. The first-order chi connectivity index (χ1) is 5.72. The van der Waals surface area contributed by atoms with E-state index in [2.05, 4.69) is 0 Å². The Kier molecular flexibility index (Phi) is 3.70. The summed E-state index contributed by atoms with van der Waals surface area (Å²) in [5.74, 6) is -2.51. The molecule has 1 amide bonds. The van der Waals surface area contributed by atoms with E-state index in [1.165, 1.54) is 0 Å². The molecule has 0 bridgehead atoms. The van der Waals surface area contributed by atoms with Gasteiger partial charge in [-0.15, -0.1) is 0 Å². The van der Waals surface area contributed by atoms with E-state index in [4.69, 9.17) is 5.11 Å². The summed E-state index contributed by atoms with van der Waals surface area (Å²) in [6.07, 6.45) is -6.17. The molecule has 0 aliphatic carbocycles. The van der Waals surface area contributed by atoms with Crippen molar-refractivity contribution in [3.05, 3.63) is 0 Å². The number of rotatable bonds is 3. The Bertz CT molecular complexity index is 214. The molecule has 0 aromatic rings. The van der Waals surface area contributed by atoms with Crippen molar-refractivity contribution in [2.45, 2.75) is 25.6 Å². The molecular weight excluding hydrogens is 191 g/mol. The van der Waals surface area contributed by atoms with Gasteiger partial charge in [-0.25, -0.2) is 4.79 Å². The molecule has 1 atom stereocenters. The first kappa shape index (κ1) is 11.7. The normalized spacial score (nSPS) is 13.5. The average Bonchev–Trinajstić information content (AvgIpc) is 1.81. The van der Waals surface area contributed by atoms with Crippen molar-refractivity contribution < 1.29 is 27.9 Å². The minimum atomic E-state index is -4.61. The van der Waals surface area contributed by atoms with Crippen LogP contribution in [0.15, 0.2) is 0 Å². The lowest BCUT2D eigenvalue weighted by Gasteiger charge is -2.14. The zero-order valence-corrected chi connectivity index (χ0v) is 6.68. The van der Waals surface area contributed by atoms with Crippen LogP contribution in [-0.2, 0) is 9.59 Å². The van der Waals surface area contributed by atoms with E-state index in [1.807, 2.05) is 0 Å². The number of halogens is 3. The first-order valence-electron chi connectivity index (χ1n) is 3.29. The van der Waals surface area contributed by atoms with Crippen LogP contribution in [0, 0.1) is 0 Å². The SMILES string of the molecule is CC(=O)N[C@@H](CC(F)(F)F)C(=O)O. The summed E-state index contributed by atoms with van der Waals surface area (Å²) in [6, 6.07) is -1.91. The third-order valence-electron chi connectivity index (χ3n) is 1.11. The number of carbonyl (C=O) groups excluding carboxylic acids is 1. The molecule has 0 spiro atoms. The quantitative estimate of drug-likeness (QED) is 0.696. The Morgan fingerprint density at radius 3 is 2.15 bits per heavy atom. The molecule has 0 rings (SSSR count). The van der Waals surface area contributed by atoms with Crippen LogP contribution in [0.25, 0.3) is 0 Å². The van der Waals surface area contributed by atoms with Gasteiger partial charge in [0.05, 0.1) is 6.42 Å². The molecule has 0 saturated heterocycles. The number of aliphatic carboxylic acids is 1. The second kappa shape index (κ2) is 4.11. The van der Waals surface area contributed by atoms with Gasteiger partial charge < -0.3 is 10.4 Å². The number of amides is 1. The molecule has 0 aliphatic heterocycles. The smallest absolute Gasteiger partial charge is 0.391 e. The van der Waals surface area contributed by atoms with E-state index in [1.54, 1.807) is 5.32 Å². The van der Waals surface area contributed by atoms with Gasteiger partial charge in [0.2, 0.25) is 5.91 Å². The van der Waals surface area contributed by atoms with Crippen molar-refractivity contribution in [2.24, 2.45) is 0 Å². The summed E-state index contributed by atoms with van der Waals surface area (Å²) in [4.78, 5) is 20.5. The fraction of sp³-hybridized carbons (Fsp3) is 0.667. The number of carbonyl (C=O) groups is 2. The van der Waals surface area contributed by atoms with Gasteiger partial charge in [0.25, 0.3) is 0 Å². The molecule has 0 radical (unpaired) electrons. The summed E-state index contributed by atoms with van der Waals surface area (Å²) >= 11 is 0. The predicted octanol–water partition coefficient (Wildman–Crippen LogP) is 0.528. The third kappa shape index (κ3) is 5.94. The third-order valence-corrected chi connectivity index (χ3v) is 1.11. The highest BCUT2D eigenvalue weighted by Gasteiger charge is 2.35. The zero-order valence-electron chi connectivity index (χ0n) is 6.68. The Hall–Kier alpha value is -1.27. The minimum Gasteiger partial charge on any atom is -0.480 e. The second-order valence-electron chi connectivity index (χ2n) is 2.41. The lowest BCUT2D eigenvalue weighted by atomic mass is 10.2. The van der Waals surface area contributed by atoms with Crippen molar-refractivity contribution in [1.82, 2.24) is 5.32 Å². The molecule has 0 aromatic carbocycles. The van der Waals surface area contributed by atoms with E-state index in [0.717, 1.165) is 6.92 Å². The summed E-state index contributed by atoms with van der Waals surface area (Å²) in [7, 11) is 0. The lowest BCUT2D eigenvalue weighted by Crippen LogP contribution is -2.42. The summed E-state index contributed by atoms with van der Waals surface area (Å²) < 4.78 is 35.1. The Morgan fingerprint density at radius 2 is 1.92 bits per heavy atom. The van der Waals surface area contributed by atoms with Crippen LogP contribution in [0.2, 0.25) is 0 Å². The van der Waals surface area contributed by atoms with Gasteiger partial charge in [0, 0.05) is 6.92 Å². The van der Waals surface area contributed by atoms with Crippen LogP contribution in [0.5, 0.6) is 0 Å². The molecule has 4 nitrogen and oxygen atoms in total. The molecule has 0 fully saturated rings. The van der Waals surface area contributed by atoms with Crippen LogP contribution in [0.4, 0.5) is 13.2 Å². The Labute approximate surface area is 71.7 Å². The average molecular weight is 199 g/mol. The van der Waals surface area contributed by atoms with E-state index >= 15 is 0 Å². The number of nitrogens with one attached hydrogen (secondary N) is 1. The van der Waals surface area contributed by atoms with Gasteiger partial charge in [-0.05, 0) is 0 Å². The highest BCUT2D eigenvalue weighted by molar-refractivity contribution is 5.82. The molecule has 76 valence electrons. The molecule has 13 heavy (non-hydrogen) atoms. The molecule has 0 aromatic heterocycles. The van der Waals surface area contributed by atoms with Crippen molar-refractivity contribution >= 4 is 11.9 Å². The van der Waals surface area contributed by atoms with Crippen LogP contribution in [0.1, 0.15) is 13.3 Å². The molecule has 0 unspecified atom stereocenters. The maximum Gasteiger partial charge on any atom is 0.391 e. The van der Waals surface area contributed by atoms with E-state index in [9.17, 15) is 22.8 Å². The molecule has 0 saturated carbocycles. The summed E-state index contributed by atoms with van der Waals surface area (Å²) in [6.45, 7) is 0.951. The van der Waals surface area contributed by atoms with Gasteiger partial charge in [-0.3, -0.25) is 4.79 Å². The maximum absolute atomic E-state index is 11.7. The highest BCUT2D eigenvalue weighted by Crippen LogP contribution is 2.21. The Balaban J connectivity index is 4.27. The fourth-order valence-corrected chi connectivity index (χ4v) is 0.677. The van der Waals surface area contributed by atoms with Crippen LogP contribution in [0.3, 0.4) is 0 Å². The monoisotopic (exact) mass is 199 g/mol. The van der Waals surface area contributed by atoms with Crippen LogP contribution in [-0.4, -0.2) is 29.2 Å². The maximum atomic E-state index is 11.7. The van der Waals surface area contributed by atoms with Crippen LogP contribution < -0.4 is 5.32 Å². The van der Waals surface area contributed by atoms with Crippen molar-refractivity contribution in [3.63, 3.8) is 0 Å². The molecule has 0 aliphatic rings. The molecule has 0 heterocycles. The van der Waals surface area contributed by atoms with Crippen molar-refractivity contribution in [3.8, 4) is 0 Å². The molecule has 7 heteroatoms. The van der Waals surface area contributed by atoms with Crippen LogP contribution >= 0.6 is 0 Å². The highest BCUT2D eigenvalue weighted by atomic mass is 19.4. The lowest BCUT2D eigenvalue weighted by molar-refractivity contribution is -0.159. The number of alkyl halides is 3.